The Hall–Kier alpha value is -1.68. The molecule has 0 spiro atoms. The molecule has 1 aliphatic rings. The first-order valence-corrected chi connectivity index (χ1v) is 5.29. The van der Waals surface area contributed by atoms with Crippen LogP contribution in [0.2, 0.25) is 0 Å². The van der Waals surface area contributed by atoms with E-state index in [1.807, 2.05) is 25.1 Å². The highest BCUT2D eigenvalue weighted by Crippen LogP contribution is 2.34. The maximum absolute atomic E-state index is 10.9. The molecule has 4 nitrogen and oxygen atoms in total. The number of nitrogens with zero attached hydrogens (tertiary/aromatic N) is 2. The van der Waals surface area contributed by atoms with Crippen molar-refractivity contribution < 1.29 is 9.90 Å². The molecular weight excluding hydrogens is 204 g/mol. The molecule has 1 aromatic carbocycles. The minimum absolute atomic E-state index is 0.381. The minimum atomic E-state index is -1.31. The van der Waals surface area contributed by atoms with Gasteiger partial charge in [-0.1, -0.05) is 37.3 Å². The molecule has 1 N–H and O–H groups in total. The third-order valence-corrected chi connectivity index (χ3v) is 2.82. The Morgan fingerprint density at radius 2 is 2.19 bits per heavy atom. The molecule has 0 saturated carbocycles. The van der Waals surface area contributed by atoms with Gasteiger partial charge in [0.15, 0.2) is 5.72 Å². The smallest absolute Gasteiger partial charge is 0.232 e. The number of hydrogen-bond acceptors (Lipinski definition) is 3. The van der Waals surface area contributed by atoms with Crippen molar-refractivity contribution in [2.45, 2.75) is 25.5 Å². The van der Waals surface area contributed by atoms with Crippen molar-refractivity contribution in [3.8, 4) is 0 Å². The molecule has 1 amide bonds. The van der Waals surface area contributed by atoms with Gasteiger partial charge in [0.1, 0.15) is 0 Å². The number of benzene rings is 1. The summed E-state index contributed by atoms with van der Waals surface area (Å²) in [6.07, 6.45) is 1.68. The Kier molecular flexibility index (Phi) is 2.75. The molecule has 0 bridgehead atoms. The lowest BCUT2D eigenvalue weighted by Crippen LogP contribution is -2.38. The Bertz CT molecular complexity index is 416. The van der Waals surface area contributed by atoms with Crippen molar-refractivity contribution in [2.24, 2.45) is 5.10 Å². The van der Waals surface area contributed by atoms with Crippen molar-refractivity contribution >= 4 is 12.1 Å². The fraction of sp³-hybridized carbons (Fsp3) is 0.333. The Morgan fingerprint density at radius 3 is 2.75 bits per heavy atom. The highest BCUT2D eigenvalue weighted by atomic mass is 16.3. The molecule has 0 unspecified atom stereocenters. The lowest BCUT2D eigenvalue weighted by molar-refractivity contribution is -0.143. The van der Waals surface area contributed by atoms with Gasteiger partial charge in [-0.15, -0.1) is 0 Å². The SMILES string of the molecule is CCC1=NN(C=O)[C@](O)(c2ccccc2)C1. The summed E-state index contributed by atoms with van der Waals surface area (Å²) in [5.41, 5.74) is 0.210. The molecule has 84 valence electrons. The zero-order valence-electron chi connectivity index (χ0n) is 9.13. The number of hydrazone groups is 1. The minimum Gasteiger partial charge on any atom is -0.365 e. The van der Waals surface area contributed by atoms with Gasteiger partial charge in [-0.3, -0.25) is 4.79 Å². The van der Waals surface area contributed by atoms with Crippen molar-refractivity contribution in [3.05, 3.63) is 35.9 Å². The molecular formula is C12H14N2O2. The summed E-state index contributed by atoms with van der Waals surface area (Å²) in [5.74, 6) is 0. The molecule has 0 aliphatic carbocycles. The van der Waals surface area contributed by atoms with Crippen molar-refractivity contribution in [2.75, 3.05) is 0 Å². The van der Waals surface area contributed by atoms with E-state index in [0.717, 1.165) is 17.1 Å². The zero-order valence-corrected chi connectivity index (χ0v) is 9.13. The predicted molar refractivity (Wildman–Crippen MR) is 60.6 cm³/mol. The summed E-state index contributed by atoms with van der Waals surface area (Å²) in [5, 5.41) is 15.7. The summed E-state index contributed by atoms with van der Waals surface area (Å²) in [6.45, 7) is 1.96. The Labute approximate surface area is 94.2 Å². The van der Waals surface area contributed by atoms with Crippen LogP contribution in [0, 0.1) is 0 Å². The van der Waals surface area contributed by atoms with Gasteiger partial charge < -0.3 is 5.11 Å². The zero-order chi connectivity index (χ0) is 11.6. The lowest BCUT2D eigenvalue weighted by atomic mass is 9.97. The van der Waals surface area contributed by atoms with Gasteiger partial charge in [0, 0.05) is 17.7 Å². The highest BCUT2D eigenvalue weighted by molar-refractivity contribution is 5.87. The van der Waals surface area contributed by atoms with E-state index in [0.29, 0.717) is 18.4 Å². The summed E-state index contributed by atoms with van der Waals surface area (Å²) in [7, 11) is 0. The molecule has 1 aromatic rings. The molecule has 16 heavy (non-hydrogen) atoms. The quantitative estimate of drug-likeness (QED) is 0.781. The first kappa shape index (κ1) is 10.8. The molecule has 0 fully saturated rings. The van der Waals surface area contributed by atoms with Crippen LogP contribution in [0.15, 0.2) is 35.4 Å². The molecule has 1 aliphatic heterocycles. The van der Waals surface area contributed by atoms with E-state index in [4.69, 9.17) is 0 Å². The third-order valence-electron chi connectivity index (χ3n) is 2.82. The van der Waals surface area contributed by atoms with E-state index in [1.54, 1.807) is 12.1 Å². The highest BCUT2D eigenvalue weighted by Gasteiger charge is 2.41. The van der Waals surface area contributed by atoms with E-state index in [-0.39, 0.29) is 0 Å². The topological polar surface area (TPSA) is 52.9 Å². The molecule has 4 heteroatoms. The van der Waals surface area contributed by atoms with Crippen LogP contribution in [0.5, 0.6) is 0 Å². The Balaban J connectivity index is 2.37. The Morgan fingerprint density at radius 1 is 1.50 bits per heavy atom. The van der Waals surface area contributed by atoms with Gasteiger partial charge >= 0.3 is 0 Å². The van der Waals surface area contributed by atoms with E-state index in [1.165, 1.54) is 0 Å². The van der Waals surface area contributed by atoms with Crippen LogP contribution in [0.25, 0.3) is 0 Å². The summed E-state index contributed by atoms with van der Waals surface area (Å²) < 4.78 is 0. The predicted octanol–water partition coefficient (Wildman–Crippen LogP) is 1.46. The number of carbonyl (C=O) groups is 1. The number of carbonyl (C=O) groups excluding carboxylic acids is 1. The standard InChI is InChI=1S/C12H14N2O2/c1-2-11-8-12(16,14(9-15)13-11)10-6-4-3-5-7-10/h3-7,9,16H,2,8H2,1H3/t12-/m1/s1. The van der Waals surface area contributed by atoms with Crippen LogP contribution in [0.1, 0.15) is 25.3 Å². The summed E-state index contributed by atoms with van der Waals surface area (Å²) >= 11 is 0. The average molecular weight is 218 g/mol. The molecule has 0 aromatic heterocycles. The molecule has 2 rings (SSSR count). The lowest BCUT2D eigenvalue weighted by Gasteiger charge is -2.28. The van der Waals surface area contributed by atoms with Gasteiger partial charge in [0.05, 0.1) is 0 Å². The van der Waals surface area contributed by atoms with Gasteiger partial charge in [0.2, 0.25) is 6.41 Å². The first-order chi connectivity index (χ1) is 7.70. The number of rotatable bonds is 3. The summed E-state index contributed by atoms with van der Waals surface area (Å²) in [4.78, 5) is 10.9. The normalized spacial score (nSPS) is 24.4. The summed E-state index contributed by atoms with van der Waals surface area (Å²) in [6, 6.07) is 9.13. The van der Waals surface area contributed by atoms with Crippen LogP contribution < -0.4 is 0 Å². The van der Waals surface area contributed by atoms with Crippen LogP contribution in [0.4, 0.5) is 0 Å². The molecule has 1 heterocycles. The van der Waals surface area contributed by atoms with Crippen LogP contribution in [0.3, 0.4) is 0 Å². The second-order valence-electron chi connectivity index (χ2n) is 3.83. The first-order valence-electron chi connectivity index (χ1n) is 5.29. The number of aliphatic hydroxyl groups is 1. The largest absolute Gasteiger partial charge is 0.365 e. The second kappa shape index (κ2) is 4.06. The van der Waals surface area contributed by atoms with Crippen LogP contribution >= 0.6 is 0 Å². The van der Waals surface area contributed by atoms with Gasteiger partial charge in [-0.2, -0.15) is 10.1 Å². The average Bonchev–Trinajstić information content (AvgIpc) is 2.68. The van der Waals surface area contributed by atoms with Gasteiger partial charge in [-0.25, -0.2) is 0 Å². The van der Waals surface area contributed by atoms with E-state index < -0.39 is 5.72 Å². The van der Waals surface area contributed by atoms with Crippen molar-refractivity contribution in [1.29, 1.82) is 0 Å². The van der Waals surface area contributed by atoms with Gasteiger partial charge in [0.25, 0.3) is 0 Å². The van der Waals surface area contributed by atoms with E-state index in [9.17, 15) is 9.90 Å². The van der Waals surface area contributed by atoms with E-state index >= 15 is 0 Å². The second-order valence-corrected chi connectivity index (χ2v) is 3.83. The van der Waals surface area contributed by atoms with Crippen LogP contribution in [-0.4, -0.2) is 22.2 Å². The molecule has 1 atom stereocenters. The maximum Gasteiger partial charge on any atom is 0.232 e. The fourth-order valence-corrected chi connectivity index (χ4v) is 1.88. The fourth-order valence-electron chi connectivity index (χ4n) is 1.88. The third kappa shape index (κ3) is 1.61. The van der Waals surface area contributed by atoms with Crippen molar-refractivity contribution in [1.82, 2.24) is 5.01 Å². The monoisotopic (exact) mass is 218 g/mol. The molecule has 0 radical (unpaired) electrons. The number of amides is 1. The molecule has 0 saturated heterocycles. The maximum atomic E-state index is 10.9. The van der Waals surface area contributed by atoms with Crippen LogP contribution in [-0.2, 0) is 10.5 Å². The van der Waals surface area contributed by atoms with Gasteiger partial charge in [-0.05, 0) is 6.42 Å². The number of hydrogen-bond donors (Lipinski definition) is 1. The van der Waals surface area contributed by atoms with E-state index in [2.05, 4.69) is 5.10 Å². The van der Waals surface area contributed by atoms with Crippen molar-refractivity contribution in [3.63, 3.8) is 0 Å².